The number of pyridine rings is 1. The van der Waals surface area contributed by atoms with E-state index >= 15 is 0 Å². The summed E-state index contributed by atoms with van der Waals surface area (Å²) in [5.41, 5.74) is 1.88. The number of aromatic nitrogens is 2. The Morgan fingerprint density at radius 2 is 2.04 bits per heavy atom. The number of carbonyl (C=O) groups excluding carboxylic acids is 1. The van der Waals surface area contributed by atoms with Gasteiger partial charge < -0.3 is 10.1 Å². The first-order chi connectivity index (χ1) is 11.1. The molecule has 0 spiro atoms. The lowest BCUT2D eigenvalue weighted by molar-refractivity contribution is 0.0743. The van der Waals surface area contributed by atoms with E-state index in [0.717, 1.165) is 21.5 Å². The molecular formula is C17H15N3O3. The first-order valence-electron chi connectivity index (χ1n) is 7.17. The van der Waals surface area contributed by atoms with Crippen molar-refractivity contribution in [3.8, 4) is 0 Å². The van der Waals surface area contributed by atoms with Gasteiger partial charge in [0.2, 0.25) is 0 Å². The van der Waals surface area contributed by atoms with Crippen molar-refractivity contribution in [2.45, 2.75) is 6.42 Å². The zero-order chi connectivity index (χ0) is 16.2. The monoisotopic (exact) mass is 309 g/mol. The van der Waals surface area contributed by atoms with Crippen LogP contribution in [0, 0.1) is 0 Å². The fraction of sp³-hybridized carbons (Fsp3) is 0.118. The van der Waals surface area contributed by atoms with Gasteiger partial charge in [-0.2, -0.15) is 0 Å². The second-order valence-electron chi connectivity index (χ2n) is 5.09. The highest BCUT2D eigenvalue weighted by Gasteiger charge is 2.22. The highest BCUT2D eigenvalue weighted by molar-refractivity contribution is 6.04. The summed E-state index contributed by atoms with van der Waals surface area (Å²) in [6.07, 6.45) is 2.53. The molecule has 0 aliphatic carbocycles. The number of fused-ring (bicyclic) bond motifs is 1. The van der Waals surface area contributed by atoms with Gasteiger partial charge in [0.1, 0.15) is 0 Å². The van der Waals surface area contributed by atoms with Crippen LogP contribution in [0.1, 0.15) is 16.1 Å². The number of benzene rings is 1. The third-order valence-electron chi connectivity index (χ3n) is 3.60. The lowest BCUT2D eigenvalue weighted by Gasteiger charge is -2.17. The summed E-state index contributed by atoms with van der Waals surface area (Å²) in [6, 6.07) is 12.4. The van der Waals surface area contributed by atoms with E-state index in [2.05, 4.69) is 9.97 Å². The van der Waals surface area contributed by atoms with Gasteiger partial charge in [-0.15, -0.1) is 0 Å². The standard InChI is InChI=1S/C17H15N3O3/c21-16(13-5-4-12-6-9-19-15(12)11-13)20(17(22)23)10-7-14-3-1-2-8-18-14/h1-6,8-9,11,19H,7,10H2,(H,22,23). The minimum atomic E-state index is -1.27. The van der Waals surface area contributed by atoms with Gasteiger partial charge >= 0.3 is 6.09 Å². The largest absolute Gasteiger partial charge is 0.465 e. The van der Waals surface area contributed by atoms with Crippen molar-refractivity contribution in [3.05, 3.63) is 66.1 Å². The number of aromatic amines is 1. The topological polar surface area (TPSA) is 86.3 Å². The zero-order valence-corrected chi connectivity index (χ0v) is 12.3. The van der Waals surface area contributed by atoms with Gasteiger partial charge in [-0.05, 0) is 35.7 Å². The molecule has 0 bridgehead atoms. The fourth-order valence-corrected chi connectivity index (χ4v) is 2.39. The number of carboxylic acid groups (broad SMARTS) is 1. The first-order valence-corrected chi connectivity index (χ1v) is 7.17. The predicted octanol–water partition coefficient (Wildman–Crippen LogP) is 2.93. The van der Waals surface area contributed by atoms with Crippen molar-refractivity contribution in [2.75, 3.05) is 6.54 Å². The van der Waals surface area contributed by atoms with Crippen LogP contribution in [0.4, 0.5) is 4.79 Å². The Morgan fingerprint density at radius 1 is 1.17 bits per heavy atom. The average Bonchev–Trinajstić information content (AvgIpc) is 3.03. The molecular weight excluding hydrogens is 294 g/mol. The molecule has 6 nitrogen and oxygen atoms in total. The molecule has 0 unspecified atom stereocenters. The van der Waals surface area contributed by atoms with E-state index in [9.17, 15) is 14.7 Å². The van der Waals surface area contributed by atoms with Crippen molar-refractivity contribution in [1.82, 2.24) is 14.9 Å². The number of imide groups is 1. The number of nitrogens with zero attached hydrogens (tertiary/aromatic N) is 2. The van der Waals surface area contributed by atoms with Crippen molar-refractivity contribution < 1.29 is 14.7 Å². The van der Waals surface area contributed by atoms with Gasteiger partial charge in [-0.1, -0.05) is 12.1 Å². The molecule has 0 aliphatic rings. The SMILES string of the molecule is O=C(O)N(CCc1ccccn1)C(=O)c1ccc2cc[nH]c2c1. The van der Waals surface area contributed by atoms with E-state index in [1.165, 1.54) is 0 Å². The molecule has 2 N–H and O–H groups in total. The van der Waals surface area contributed by atoms with Gasteiger partial charge in [0.25, 0.3) is 5.91 Å². The normalized spacial score (nSPS) is 10.6. The van der Waals surface area contributed by atoms with Crippen LogP contribution in [0.2, 0.25) is 0 Å². The van der Waals surface area contributed by atoms with Gasteiger partial charge in [-0.3, -0.25) is 9.78 Å². The summed E-state index contributed by atoms with van der Waals surface area (Å²) in [4.78, 5) is 31.9. The zero-order valence-electron chi connectivity index (χ0n) is 12.3. The third-order valence-corrected chi connectivity index (χ3v) is 3.60. The molecule has 116 valence electrons. The molecule has 0 fully saturated rings. The van der Waals surface area contributed by atoms with E-state index in [1.54, 1.807) is 42.7 Å². The Morgan fingerprint density at radius 3 is 2.78 bits per heavy atom. The number of rotatable bonds is 4. The summed E-state index contributed by atoms with van der Waals surface area (Å²) in [7, 11) is 0. The van der Waals surface area contributed by atoms with Crippen LogP contribution in [-0.4, -0.2) is 38.5 Å². The summed E-state index contributed by atoms with van der Waals surface area (Å²) in [5.74, 6) is -0.537. The summed E-state index contributed by atoms with van der Waals surface area (Å²) >= 11 is 0. The minimum Gasteiger partial charge on any atom is -0.465 e. The summed E-state index contributed by atoms with van der Waals surface area (Å²) < 4.78 is 0. The molecule has 2 amide bonds. The van der Waals surface area contributed by atoms with E-state index in [-0.39, 0.29) is 6.54 Å². The minimum absolute atomic E-state index is 0.0634. The lowest BCUT2D eigenvalue weighted by atomic mass is 10.1. The van der Waals surface area contributed by atoms with Gasteiger partial charge in [0, 0.05) is 42.1 Å². The van der Waals surface area contributed by atoms with Crippen LogP contribution >= 0.6 is 0 Å². The Labute approximate surface area is 132 Å². The summed E-state index contributed by atoms with van der Waals surface area (Å²) in [5, 5.41) is 10.3. The van der Waals surface area contributed by atoms with Crippen molar-refractivity contribution in [1.29, 1.82) is 0 Å². The molecule has 2 aromatic heterocycles. The molecule has 23 heavy (non-hydrogen) atoms. The number of amides is 2. The highest BCUT2D eigenvalue weighted by atomic mass is 16.4. The average molecular weight is 309 g/mol. The molecule has 0 radical (unpaired) electrons. The van der Waals surface area contributed by atoms with Crippen molar-refractivity contribution in [3.63, 3.8) is 0 Å². The van der Waals surface area contributed by atoms with Crippen LogP contribution in [0.3, 0.4) is 0 Å². The lowest BCUT2D eigenvalue weighted by Crippen LogP contribution is -2.37. The Balaban J connectivity index is 1.79. The molecule has 6 heteroatoms. The first kappa shape index (κ1) is 14.8. The number of carbonyl (C=O) groups is 2. The van der Waals surface area contributed by atoms with Crippen LogP contribution in [0.25, 0.3) is 10.9 Å². The molecule has 1 aromatic carbocycles. The highest BCUT2D eigenvalue weighted by Crippen LogP contribution is 2.16. The van der Waals surface area contributed by atoms with E-state index in [1.807, 2.05) is 12.1 Å². The third kappa shape index (κ3) is 3.21. The molecule has 0 saturated carbocycles. The van der Waals surface area contributed by atoms with Crippen LogP contribution < -0.4 is 0 Å². The Hall–Kier alpha value is -3.15. The molecule has 3 aromatic rings. The summed E-state index contributed by atoms with van der Waals surface area (Å²) in [6.45, 7) is 0.0634. The predicted molar refractivity (Wildman–Crippen MR) is 85.3 cm³/mol. The second-order valence-corrected chi connectivity index (χ2v) is 5.09. The van der Waals surface area contributed by atoms with E-state index in [4.69, 9.17) is 0 Å². The number of hydrogen-bond acceptors (Lipinski definition) is 3. The molecule has 0 atom stereocenters. The smallest absolute Gasteiger partial charge is 0.414 e. The van der Waals surface area contributed by atoms with Crippen molar-refractivity contribution >= 4 is 22.9 Å². The molecule has 3 rings (SSSR count). The van der Waals surface area contributed by atoms with E-state index < -0.39 is 12.0 Å². The van der Waals surface area contributed by atoms with E-state index in [0.29, 0.717) is 12.0 Å². The molecule has 0 aliphatic heterocycles. The number of nitrogens with one attached hydrogen (secondary N) is 1. The quantitative estimate of drug-likeness (QED) is 0.776. The van der Waals surface area contributed by atoms with Crippen molar-refractivity contribution in [2.24, 2.45) is 0 Å². The number of hydrogen-bond donors (Lipinski definition) is 2. The van der Waals surface area contributed by atoms with Crippen LogP contribution in [0.15, 0.2) is 54.9 Å². The Kier molecular flexibility index (Phi) is 4.05. The maximum atomic E-state index is 12.5. The van der Waals surface area contributed by atoms with Gasteiger partial charge in [0.05, 0.1) is 0 Å². The molecule has 2 heterocycles. The fourth-order valence-electron chi connectivity index (χ4n) is 2.39. The number of H-pyrrole nitrogens is 1. The maximum Gasteiger partial charge on any atom is 0.414 e. The second kappa shape index (κ2) is 6.31. The van der Waals surface area contributed by atoms with Gasteiger partial charge in [-0.25, -0.2) is 9.69 Å². The molecule has 0 saturated heterocycles. The van der Waals surface area contributed by atoms with Crippen LogP contribution in [-0.2, 0) is 6.42 Å². The van der Waals surface area contributed by atoms with Crippen LogP contribution in [0.5, 0.6) is 0 Å². The Bertz CT molecular complexity index is 842. The maximum absolute atomic E-state index is 12.5. The van der Waals surface area contributed by atoms with Gasteiger partial charge in [0.15, 0.2) is 0 Å².